The third kappa shape index (κ3) is 2.88. The van der Waals surface area contributed by atoms with Gasteiger partial charge in [0.25, 0.3) is 0 Å². The molecule has 0 bridgehead atoms. The van der Waals surface area contributed by atoms with Crippen molar-refractivity contribution in [1.82, 2.24) is 9.97 Å². The average molecular weight is 251 g/mol. The molecule has 0 aromatic carbocycles. The fourth-order valence-corrected chi connectivity index (χ4v) is 2.11. The van der Waals surface area contributed by atoms with Crippen LogP contribution in [0.4, 0.5) is 11.6 Å². The molecule has 0 amide bonds. The number of morpholine rings is 1. The molecule has 1 saturated heterocycles. The summed E-state index contributed by atoms with van der Waals surface area (Å²) in [6.45, 7) is 6.58. The lowest BCUT2D eigenvalue weighted by molar-refractivity contribution is 0.0985. The second-order valence-electron chi connectivity index (χ2n) is 4.54. The molecule has 18 heavy (non-hydrogen) atoms. The molecule has 2 rings (SSSR count). The van der Waals surface area contributed by atoms with Crippen molar-refractivity contribution in [2.24, 2.45) is 5.84 Å². The first-order valence-corrected chi connectivity index (χ1v) is 6.43. The van der Waals surface area contributed by atoms with Gasteiger partial charge in [-0.1, -0.05) is 6.92 Å². The Morgan fingerprint density at radius 1 is 1.56 bits per heavy atom. The number of hydrogen-bond acceptors (Lipinski definition) is 6. The van der Waals surface area contributed by atoms with Gasteiger partial charge in [-0.2, -0.15) is 0 Å². The van der Waals surface area contributed by atoms with Crippen LogP contribution in [0.3, 0.4) is 0 Å². The van der Waals surface area contributed by atoms with Gasteiger partial charge in [0.15, 0.2) is 0 Å². The van der Waals surface area contributed by atoms with Crippen LogP contribution in [-0.4, -0.2) is 35.8 Å². The highest BCUT2D eigenvalue weighted by molar-refractivity contribution is 5.49. The Morgan fingerprint density at radius 2 is 2.39 bits per heavy atom. The van der Waals surface area contributed by atoms with E-state index in [2.05, 4.69) is 34.1 Å². The minimum absolute atomic E-state index is 0.328. The second-order valence-corrected chi connectivity index (χ2v) is 4.54. The first kappa shape index (κ1) is 13.0. The van der Waals surface area contributed by atoms with E-state index in [1.807, 2.05) is 6.07 Å². The predicted octanol–water partition coefficient (Wildman–Crippen LogP) is 0.940. The molecule has 0 spiro atoms. The van der Waals surface area contributed by atoms with Gasteiger partial charge in [0.2, 0.25) is 0 Å². The van der Waals surface area contributed by atoms with E-state index in [4.69, 9.17) is 10.6 Å². The van der Waals surface area contributed by atoms with Gasteiger partial charge in [-0.3, -0.25) is 0 Å². The monoisotopic (exact) mass is 251 g/mol. The quantitative estimate of drug-likeness (QED) is 0.612. The van der Waals surface area contributed by atoms with Crippen LogP contribution < -0.4 is 16.2 Å². The van der Waals surface area contributed by atoms with E-state index in [0.717, 1.165) is 44.2 Å². The molecule has 0 saturated carbocycles. The number of ether oxygens (including phenoxy) is 1. The van der Waals surface area contributed by atoms with Crippen molar-refractivity contribution in [3.05, 3.63) is 11.9 Å². The van der Waals surface area contributed by atoms with Gasteiger partial charge in [-0.05, 0) is 13.3 Å². The molecular weight excluding hydrogens is 230 g/mol. The SMILES string of the molecule is CCCc1nc(NN)cc(N2CCOCC2C)n1. The van der Waals surface area contributed by atoms with E-state index >= 15 is 0 Å². The lowest BCUT2D eigenvalue weighted by Gasteiger charge is -2.34. The van der Waals surface area contributed by atoms with E-state index in [9.17, 15) is 0 Å². The molecule has 1 aliphatic rings. The van der Waals surface area contributed by atoms with Crippen molar-refractivity contribution in [2.75, 3.05) is 30.1 Å². The summed E-state index contributed by atoms with van der Waals surface area (Å²) >= 11 is 0. The topological polar surface area (TPSA) is 76.3 Å². The number of nitrogens with two attached hydrogens (primary N) is 1. The standard InChI is InChI=1S/C12H21N5O/c1-3-4-10-14-11(16-13)7-12(15-10)17-5-6-18-8-9(17)2/h7,9H,3-6,8,13H2,1-2H3,(H,14,15,16). The highest BCUT2D eigenvalue weighted by Gasteiger charge is 2.21. The van der Waals surface area contributed by atoms with E-state index in [1.54, 1.807) is 0 Å². The maximum atomic E-state index is 5.46. The highest BCUT2D eigenvalue weighted by atomic mass is 16.5. The molecule has 100 valence electrons. The number of rotatable bonds is 4. The van der Waals surface area contributed by atoms with Crippen molar-refractivity contribution in [3.63, 3.8) is 0 Å². The summed E-state index contributed by atoms with van der Waals surface area (Å²) in [6.07, 6.45) is 1.88. The number of hydrogen-bond donors (Lipinski definition) is 2. The van der Waals surface area contributed by atoms with Crippen LogP contribution in [0.2, 0.25) is 0 Å². The minimum Gasteiger partial charge on any atom is -0.377 e. The van der Waals surface area contributed by atoms with Crippen LogP contribution in [0.1, 0.15) is 26.1 Å². The zero-order valence-corrected chi connectivity index (χ0v) is 11.0. The third-order valence-electron chi connectivity index (χ3n) is 3.04. The van der Waals surface area contributed by atoms with Gasteiger partial charge in [-0.25, -0.2) is 15.8 Å². The summed E-state index contributed by atoms with van der Waals surface area (Å²) in [7, 11) is 0. The maximum absolute atomic E-state index is 5.46. The Hall–Kier alpha value is -1.40. The predicted molar refractivity (Wildman–Crippen MR) is 71.5 cm³/mol. The Balaban J connectivity index is 2.27. The van der Waals surface area contributed by atoms with Gasteiger partial charge >= 0.3 is 0 Å². The lowest BCUT2D eigenvalue weighted by Crippen LogP contribution is -2.44. The summed E-state index contributed by atoms with van der Waals surface area (Å²) in [4.78, 5) is 11.2. The van der Waals surface area contributed by atoms with Crippen molar-refractivity contribution >= 4 is 11.6 Å². The van der Waals surface area contributed by atoms with Gasteiger partial charge in [0.05, 0.1) is 19.3 Å². The van der Waals surface area contributed by atoms with Crippen molar-refractivity contribution in [3.8, 4) is 0 Å². The van der Waals surface area contributed by atoms with Crippen molar-refractivity contribution in [2.45, 2.75) is 32.7 Å². The molecule has 1 aliphatic heterocycles. The van der Waals surface area contributed by atoms with Crippen LogP contribution in [0.15, 0.2) is 6.07 Å². The molecule has 1 aromatic rings. The van der Waals surface area contributed by atoms with Crippen LogP contribution >= 0.6 is 0 Å². The summed E-state index contributed by atoms with van der Waals surface area (Å²) in [5, 5.41) is 0. The van der Waals surface area contributed by atoms with Gasteiger partial charge in [-0.15, -0.1) is 0 Å². The highest BCUT2D eigenvalue weighted by Crippen LogP contribution is 2.20. The number of nitrogen functional groups attached to an aromatic ring is 1. The summed E-state index contributed by atoms with van der Waals surface area (Å²) in [5.41, 5.74) is 2.61. The first-order valence-electron chi connectivity index (χ1n) is 6.43. The van der Waals surface area contributed by atoms with Crippen LogP contribution in [0.5, 0.6) is 0 Å². The Kier molecular flexibility index (Phi) is 4.33. The average Bonchev–Trinajstić information content (AvgIpc) is 2.39. The smallest absolute Gasteiger partial charge is 0.145 e. The van der Waals surface area contributed by atoms with Gasteiger partial charge in [0.1, 0.15) is 17.5 Å². The maximum Gasteiger partial charge on any atom is 0.145 e. The molecule has 6 nitrogen and oxygen atoms in total. The van der Waals surface area contributed by atoms with E-state index < -0.39 is 0 Å². The Bertz CT molecular complexity index is 398. The van der Waals surface area contributed by atoms with Crippen LogP contribution in [-0.2, 0) is 11.2 Å². The molecule has 1 unspecified atom stereocenters. The fraction of sp³-hybridized carbons (Fsp3) is 0.667. The van der Waals surface area contributed by atoms with Crippen LogP contribution in [0, 0.1) is 0 Å². The summed E-state index contributed by atoms with van der Waals surface area (Å²) < 4.78 is 5.44. The Labute approximate surface area is 108 Å². The molecule has 1 fully saturated rings. The molecule has 2 heterocycles. The molecule has 0 radical (unpaired) electrons. The first-order chi connectivity index (χ1) is 8.74. The minimum atomic E-state index is 0.328. The van der Waals surface area contributed by atoms with E-state index in [0.29, 0.717) is 11.9 Å². The number of anilines is 2. The van der Waals surface area contributed by atoms with Crippen molar-refractivity contribution in [1.29, 1.82) is 0 Å². The molecule has 1 atom stereocenters. The number of nitrogens with zero attached hydrogens (tertiary/aromatic N) is 3. The molecule has 0 aliphatic carbocycles. The molecule has 3 N–H and O–H groups in total. The zero-order valence-electron chi connectivity index (χ0n) is 11.0. The molecule has 1 aromatic heterocycles. The fourth-order valence-electron chi connectivity index (χ4n) is 2.11. The number of nitrogens with one attached hydrogen (secondary N) is 1. The Morgan fingerprint density at radius 3 is 3.06 bits per heavy atom. The number of aromatic nitrogens is 2. The van der Waals surface area contributed by atoms with E-state index in [-0.39, 0.29) is 0 Å². The van der Waals surface area contributed by atoms with Gasteiger partial charge < -0.3 is 15.1 Å². The van der Waals surface area contributed by atoms with E-state index in [1.165, 1.54) is 0 Å². The summed E-state index contributed by atoms with van der Waals surface area (Å²) in [5.74, 6) is 7.90. The summed E-state index contributed by atoms with van der Waals surface area (Å²) in [6, 6.07) is 2.22. The number of hydrazine groups is 1. The lowest BCUT2D eigenvalue weighted by atomic mass is 10.2. The molecular formula is C12H21N5O. The zero-order chi connectivity index (χ0) is 13.0. The second kappa shape index (κ2) is 5.97. The normalized spacial score (nSPS) is 19.9. The van der Waals surface area contributed by atoms with Crippen molar-refractivity contribution < 1.29 is 4.74 Å². The third-order valence-corrected chi connectivity index (χ3v) is 3.04. The number of aryl methyl sites for hydroxylation is 1. The van der Waals surface area contributed by atoms with Gasteiger partial charge in [0, 0.05) is 19.0 Å². The molecule has 6 heteroatoms. The largest absolute Gasteiger partial charge is 0.377 e. The van der Waals surface area contributed by atoms with Crippen LogP contribution in [0.25, 0.3) is 0 Å².